The fourth-order valence-electron chi connectivity index (χ4n) is 5.41. The van der Waals surface area contributed by atoms with E-state index < -0.39 is 0 Å². The molecule has 2 heterocycles. The molecule has 0 amide bonds. The highest BCUT2D eigenvalue weighted by atomic mass is 16.5. The highest BCUT2D eigenvalue weighted by molar-refractivity contribution is 5.18. The van der Waals surface area contributed by atoms with Crippen LogP contribution in [-0.2, 0) is 11.2 Å². The molecule has 4 rings (SSSR count). The first-order chi connectivity index (χ1) is 14.3. The Morgan fingerprint density at radius 2 is 1.55 bits per heavy atom. The van der Waals surface area contributed by atoms with E-state index in [1.165, 1.54) is 69.0 Å². The van der Waals surface area contributed by atoms with E-state index in [2.05, 4.69) is 72.5 Å². The lowest BCUT2D eigenvalue weighted by molar-refractivity contribution is -0.0659. The van der Waals surface area contributed by atoms with E-state index in [4.69, 9.17) is 4.74 Å². The molecular formula is C27H37NO. The van der Waals surface area contributed by atoms with Crippen molar-refractivity contribution >= 4 is 0 Å². The van der Waals surface area contributed by atoms with Gasteiger partial charge in [-0.25, -0.2) is 0 Å². The predicted octanol–water partition coefficient (Wildman–Crippen LogP) is 6.56. The topological polar surface area (TPSA) is 12.5 Å². The minimum atomic E-state index is 0.269. The minimum Gasteiger partial charge on any atom is -0.370 e. The lowest BCUT2D eigenvalue weighted by atomic mass is 9.97. The summed E-state index contributed by atoms with van der Waals surface area (Å²) in [5.41, 5.74) is 2.83. The molecule has 2 saturated heterocycles. The third kappa shape index (κ3) is 5.49. The first-order valence-corrected chi connectivity index (χ1v) is 11.8. The molecule has 0 aliphatic carbocycles. The van der Waals surface area contributed by atoms with Crippen LogP contribution in [0.3, 0.4) is 0 Å². The molecule has 0 N–H and O–H groups in total. The van der Waals surface area contributed by atoms with Crippen LogP contribution < -0.4 is 0 Å². The van der Waals surface area contributed by atoms with Gasteiger partial charge >= 0.3 is 0 Å². The van der Waals surface area contributed by atoms with Gasteiger partial charge in [-0.1, -0.05) is 80.4 Å². The van der Waals surface area contributed by atoms with Gasteiger partial charge in [0, 0.05) is 12.1 Å². The Hall–Kier alpha value is -1.64. The molecular weight excluding hydrogens is 354 g/mol. The number of rotatable bonds is 10. The fourth-order valence-corrected chi connectivity index (χ4v) is 5.41. The van der Waals surface area contributed by atoms with Gasteiger partial charge in [0.15, 0.2) is 0 Å². The number of aryl methyl sites for hydroxylation is 1. The summed E-state index contributed by atoms with van der Waals surface area (Å²) in [5.74, 6) is 0. The minimum absolute atomic E-state index is 0.269. The SMILES string of the molecule is CCCCC(OC1C[C@H]2CC[C@@H](C1)N2CCCc1ccccc1)c1ccccc1. The molecule has 0 radical (unpaired) electrons. The number of hydrogen-bond acceptors (Lipinski definition) is 2. The second-order valence-electron chi connectivity index (χ2n) is 8.98. The van der Waals surface area contributed by atoms with Gasteiger partial charge in [-0.2, -0.15) is 0 Å². The van der Waals surface area contributed by atoms with Crippen molar-refractivity contribution in [3.63, 3.8) is 0 Å². The van der Waals surface area contributed by atoms with Gasteiger partial charge in [-0.3, -0.25) is 4.90 Å². The van der Waals surface area contributed by atoms with Gasteiger partial charge in [-0.05, 0) is 62.6 Å². The van der Waals surface area contributed by atoms with Gasteiger partial charge in [0.2, 0.25) is 0 Å². The molecule has 2 bridgehead atoms. The van der Waals surface area contributed by atoms with Crippen molar-refractivity contribution in [1.82, 2.24) is 4.90 Å². The molecule has 2 unspecified atom stereocenters. The second-order valence-corrected chi connectivity index (χ2v) is 8.98. The fraction of sp³-hybridized carbons (Fsp3) is 0.556. The van der Waals surface area contributed by atoms with Crippen molar-refractivity contribution in [2.24, 2.45) is 0 Å². The molecule has 2 heteroatoms. The standard InChI is InChI=1S/C27H37NO/c1-2-3-16-27(23-14-8-5-9-15-23)29-26-20-24-17-18-25(21-26)28(24)19-10-13-22-11-6-4-7-12-22/h4-9,11-12,14-15,24-27H,2-3,10,13,16-21H2,1H3/t24-,25+,26?,27?. The Morgan fingerprint density at radius 1 is 0.897 bits per heavy atom. The molecule has 2 nitrogen and oxygen atoms in total. The third-order valence-corrected chi connectivity index (χ3v) is 6.91. The largest absolute Gasteiger partial charge is 0.370 e. The van der Waals surface area contributed by atoms with Crippen molar-refractivity contribution in [2.45, 2.75) is 89.0 Å². The third-order valence-electron chi connectivity index (χ3n) is 6.91. The van der Waals surface area contributed by atoms with E-state index in [1.54, 1.807) is 0 Å². The van der Waals surface area contributed by atoms with Crippen LogP contribution in [0.5, 0.6) is 0 Å². The van der Waals surface area contributed by atoms with Gasteiger partial charge in [0.1, 0.15) is 0 Å². The molecule has 2 aliphatic heterocycles. The second kappa shape index (κ2) is 10.4. The Balaban J connectivity index is 1.30. The van der Waals surface area contributed by atoms with Crippen molar-refractivity contribution in [3.8, 4) is 0 Å². The van der Waals surface area contributed by atoms with Gasteiger partial charge in [0.05, 0.1) is 12.2 Å². The zero-order valence-electron chi connectivity index (χ0n) is 18.0. The zero-order valence-corrected chi connectivity index (χ0v) is 18.0. The molecule has 2 fully saturated rings. The maximum atomic E-state index is 6.76. The Morgan fingerprint density at radius 3 is 2.21 bits per heavy atom. The Labute approximate surface area is 177 Å². The Kier molecular flexibility index (Phi) is 7.40. The number of nitrogens with zero attached hydrogens (tertiary/aromatic N) is 1. The van der Waals surface area contributed by atoms with Crippen LogP contribution >= 0.6 is 0 Å². The van der Waals surface area contributed by atoms with Crippen molar-refractivity contribution in [2.75, 3.05) is 6.54 Å². The maximum Gasteiger partial charge on any atom is 0.0828 e. The lowest BCUT2D eigenvalue weighted by Crippen LogP contribution is -2.46. The van der Waals surface area contributed by atoms with Crippen LogP contribution in [0.2, 0.25) is 0 Å². The smallest absolute Gasteiger partial charge is 0.0828 e. The molecule has 0 spiro atoms. The summed E-state index contributed by atoms with van der Waals surface area (Å²) < 4.78 is 6.76. The summed E-state index contributed by atoms with van der Waals surface area (Å²) >= 11 is 0. The van der Waals surface area contributed by atoms with E-state index >= 15 is 0 Å². The quantitative estimate of drug-likeness (QED) is 0.454. The summed E-state index contributed by atoms with van der Waals surface area (Å²) in [6, 6.07) is 23.3. The lowest BCUT2D eigenvalue weighted by Gasteiger charge is -2.40. The maximum absolute atomic E-state index is 6.76. The average molecular weight is 392 g/mol. The summed E-state index contributed by atoms with van der Waals surface area (Å²) in [4.78, 5) is 2.81. The number of benzene rings is 2. The highest BCUT2D eigenvalue weighted by Crippen LogP contribution is 2.39. The van der Waals surface area contributed by atoms with E-state index in [0.29, 0.717) is 6.10 Å². The molecule has 0 aromatic heterocycles. The van der Waals surface area contributed by atoms with Gasteiger partial charge < -0.3 is 4.74 Å². The number of unbranched alkanes of at least 4 members (excludes halogenated alkanes) is 1. The number of piperidine rings is 1. The molecule has 2 aromatic rings. The van der Waals surface area contributed by atoms with Crippen LogP contribution in [-0.4, -0.2) is 29.6 Å². The first kappa shape index (κ1) is 20.6. The molecule has 0 saturated carbocycles. The van der Waals surface area contributed by atoms with Crippen LogP contribution in [0.15, 0.2) is 60.7 Å². The summed E-state index contributed by atoms with van der Waals surface area (Å²) in [6.45, 7) is 3.52. The highest BCUT2D eigenvalue weighted by Gasteiger charge is 2.41. The number of hydrogen-bond donors (Lipinski definition) is 0. The van der Waals surface area contributed by atoms with Crippen molar-refractivity contribution < 1.29 is 4.74 Å². The normalized spacial score (nSPS) is 25.2. The summed E-state index contributed by atoms with van der Waals surface area (Å²) in [5, 5.41) is 0. The predicted molar refractivity (Wildman–Crippen MR) is 121 cm³/mol. The van der Waals surface area contributed by atoms with E-state index in [1.807, 2.05) is 0 Å². The van der Waals surface area contributed by atoms with E-state index in [9.17, 15) is 0 Å². The molecule has 4 atom stereocenters. The number of ether oxygens (including phenoxy) is 1. The van der Waals surface area contributed by atoms with Gasteiger partial charge in [-0.15, -0.1) is 0 Å². The first-order valence-electron chi connectivity index (χ1n) is 11.8. The van der Waals surface area contributed by atoms with Crippen LogP contribution in [0.4, 0.5) is 0 Å². The Bertz CT molecular complexity index is 702. The summed E-state index contributed by atoms with van der Waals surface area (Å²) in [6.07, 6.45) is 12.0. The molecule has 29 heavy (non-hydrogen) atoms. The molecule has 156 valence electrons. The zero-order chi connectivity index (χ0) is 19.9. The number of fused-ring (bicyclic) bond motifs is 2. The molecule has 2 aromatic carbocycles. The van der Waals surface area contributed by atoms with Gasteiger partial charge in [0.25, 0.3) is 0 Å². The van der Waals surface area contributed by atoms with E-state index in [-0.39, 0.29) is 6.10 Å². The van der Waals surface area contributed by atoms with Crippen molar-refractivity contribution in [3.05, 3.63) is 71.8 Å². The summed E-state index contributed by atoms with van der Waals surface area (Å²) in [7, 11) is 0. The van der Waals surface area contributed by atoms with Crippen LogP contribution in [0.25, 0.3) is 0 Å². The van der Waals surface area contributed by atoms with Crippen molar-refractivity contribution in [1.29, 1.82) is 0 Å². The van der Waals surface area contributed by atoms with Crippen LogP contribution in [0, 0.1) is 0 Å². The monoisotopic (exact) mass is 391 g/mol. The molecule has 2 aliphatic rings. The van der Waals surface area contributed by atoms with Crippen LogP contribution in [0.1, 0.15) is 75.5 Å². The van der Waals surface area contributed by atoms with E-state index in [0.717, 1.165) is 18.5 Å². The average Bonchev–Trinajstić information content (AvgIpc) is 3.00.